The maximum absolute atomic E-state index is 13.0. The summed E-state index contributed by atoms with van der Waals surface area (Å²) < 4.78 is 5.38. The number of nitrogens with one attached hydrogen (secondary N) is 3. The van der Waals surface area contributed by atoms with Gasteiger partial charge in [0.25, 0.3) is 11.8 Å². The molecule has 0 bridgehead atoms. The number of carbonyl (C=O) groups is 2. The fourth-order valence-electron chi connectivity index (χ4n) is 4.50. The van der Waals surface area contributed by atoms with Crippen molar-refractivity contribution in [1.82, 2.24) is 25.8 Å². The first kappa shape index (κ1) is 23.7. The number of ether oxygens (including phenoxy) is 1. The summed E-state index contributed by atoms with van der Waals surface area (Å²) in [5.74, 6) is -0.233. The van der Waals surface area contributed by atoms with Gasteiger partial charge in [-0.1, -0.05) is 19.1 Å². The van der Waals surface area contributed by atoms with E-state index in [0.29, 0.717) is 30.8 Å². The third-order valence-electron chi connectivity index (χ3n) is 6.59. The highest BCUT2D eigenvalue weighted by Crippen LogP contribution is 2.25. The zero-order valence-electron chi connectivity index (χ0n) is 20.2. The van der Waals surface area contributed by atoms with Gasteiger partial charge in [0.1, 0.15) is 0 Å². The van der Waals surface area contributed by atoms with Crippen LogP contribution in [0.5, 0.6) is 0 Å². The quantitative estimate of drug-likeness (QED) is 0.361. The van der Waals surface area contributed by atoms with Gasteiger partial charge in [-0.3, -0.25) is 19.7 Å². The van der Waals surface area contributed by atoms with E-state index in [2.05, 4.69) is 25.8 Å². The molecule has 1 unspecified atom stereocenters. The van der Waals surface area contributed by atoms with Gasteiger partial charge in [0.2, 0.25) is 0 Å². The van der Waals surface area contributed by atoms with Gasteiger partial charge < -0.3 is 15.4 Å². The molecule has 3 N–H and O–H groups in total. The molecule has 1 fully saturated rings. The fraction of sp³-hybridized carbons (Fsp3) is 0.286. The zero-order valence-corrected chi connectivity index (χ0v) is 20.2. The molecular formula is C28H29N5O3. The molecular weight excluding hydrogens is 454 g/mol. The van der Waals surface area contributed by atoms with Gasteiger partial charge in [-0.15, -0.1) is 0 Å². The topological polar surface area (TPSA) is 109 Å². The molecule has 8 heteroatoms. The highest BCUT2D eigenvalue weighted by atomic mass is 16.5. The van der Waals surface area contributed by atoms with Gasteiger partial charge in [0, 0.05) is 53.7 Å². The smallest absolute Gasteiger partial charge is 0.251 e. The maximum atomic E-state index is 13.0. The molecule has 4 aromatic rings. The Morgan fingerprint density at radius 2 is 1.83 bits per heavy atom. The highest BCUT2D eigenvalue weighted by molar-refractivity contribution is 5.98. The molecule has 2 aromatic carbocycles. The Morgan fingerprint density at radius 1 is 1.00 bits per heavy atom. The monoisotopic (exact) mass is 483 g/mol. The Bertz CT molecular complexity index is 1380. The molecule has 2 amide bonds. The van der Waals surface area contributed by atoms with Crippen LogP contribution in [-0.4, -0.2) is 46.3 Å². The molecule has 1 aliphatic heterocycles. The molecule has 1 atom stereocenters. The van der Waals surface area contributed by atoms with Crippen LogP contribution in [0.4, 0.5) is 0 Å². The minimum Gasteiger partial charge on any atom is -0.381 e. The SMILES string of the molecule is CCC(NC(=O)c1ccc2[nH]ncc2c1)c1cncc(-c2cccc(C(=O)NC3CCOCC3)c2)c1. The lowest BCUT2D eigenvalue weighted by Gasteiger charge is -2.23. The number of pyridine rings is 1. The molecule has 0 radical (unpaired) electrons. The van der Waals surface area contributed by atoms with Gasteiger partial charge in [-0.25, -0.2) is 0 Å². The molecule has 3 heterocycles. The Kier molecular flexibility index (Phi) is 7.04. The number of H-pyrrole nitrogens is 1. The maximum Gasteiger partial charge on any atom is 0.251 e. The number of benzene rings is 2. The molecule has 0 saturated carbocycles. The Balaban J connectivity index is 1.32. The van der Waals surface area contributed by atoms with Crippen LogP contribution in [0.1, 0.15) is 58.5 Å². The van der Waals surface area contributed by atoms with Crippen molar-refractivity contribution in [2.75, 3.05) is 13.2 Å². The minimum absolute atomic E-state index is 0.0823. The molecule has 1 aliphatic rings. The van der Waals surface area contributed by atoms with Crippen molar-refractivity contribution in [3.8, 4) is 11.1 Å². The van der Waals surface area contributed by atoms with E-state index in [1.165, 1.54) is 0 Å². The first-order valence-corrected chi connectivity index (χ1v) is 12.3. The Hall–Kier alpha value is -4.04. The van der Waals surface area contributed by atoms with Gasteiger partial charge in [0.15, 0.2) is 0 Å². The molecule has 0 spiro atoms. The number of hydrogen-bond acceptors (Lipinski definition) is 5. The third-order valence-corrected chi connectivity index (χ3v) is 6.59. The van der Waals surface area contributed by atoms with Crippen molar-refractivity contribution in [2.24, 2.45) is 0 Å². The zero-order chi connectivity index (χ0) is 24.9. The van der Waals surface area contributed by atoms with Crippen LogP contribution in [0.25, 0.3) is 22.0 Å². The van der Waals surface area contributed by atoms with Crippen LogP contribution >= 0.6 is 0 Å². The lowest BCUT2D eigenvalue weighted by atomic mass is 9.99. The van der Waals surface area contributed by atoms with Gasteiger partial charge >= 0.3 is 0 Å². The van der Waals surface area contributed by atoms with Crippen molar-refractivity contribution in [3.05, 3.63) is 83.8 Å². The van der Waals surface area contributed by atoms with Crippen LogP contribution in [0, 0.1) is 0 Å². The normalized spacial score (nSPS) is 14.9. The summed E-state index contributed by atoms with van der Waals surface area (Å²) in [5.41, 5.74) is 4.77. The Morgan fingerprint density at radius 3 is 2.67 bits per heavy atom. The minimum atomic E-state index is -0.204. The summed E-state index contributed by atoms with van der Waals surface area (Å²) >= 11 is 0. The molecule has 8 nitrogen and oxygen atoms in total. The standard InChI is InChI=1S/C28H29N5O3/c1-2-25(32-28(35)20-6-7-26-23(13-20)17-30-33-26)22-14-21(15-29-16-22)18-4-3-5-19(12-18)27(34)31-24-8-10-36-11-9-24/h3-7,12-17,24-25H,2,8-11H2,1H3,(H,30,33)(H,31,34)(H,32,35). The number of fused-ring (bicyclic) bond motifs is 1. The first-order chi connectivity index (χ1) is 17.6. The molecule has 184 valence electrons. The van der Waals surface area contributed by atoms with Crippen LogP contribution < -0.4 is 10.6 Å². The summed E-state index contributed by atoms with van der Waals surface area (Å²) in [7, 11) is 0. The summed E-state index contributed by atoms with van der Waals surface area (Å²) in [6.07, 6.45) is 7.63. The number of hydrogen-bond donors (Lipinski definition) is 3. The first-order valence-electron chi connectivity index (χ1n) is 12.3. The second-order valence-corrected chi connectivity index (χ2v) is 9.05. The summed E-state index contributed by atoms with van der Waals surface area (Å²) in [6.45, 7) is 3.38. The molecule has 5 rings (SSSR count). The Labute approximate surface area is 209 Å². The van der Waals surface area contributed by atoms with Crippen molar-refractivity contribution >= 4 is 22.7 Å². The number of nitrogens with zero attached hydrogens (tertiary/aromatic N) is 2. The lowest BCUT2D eigenvalue weighted by molar-refractivity contribution is 0.0696. The highest BCUT2D eigenvalue weighted by Gasteiger charge is 2.18. The number of rotatable bonds is 7. The van der Waals surface area contributed by atoms with Crippen molar-refractivity contribution in [2.45, 2.75) is 38.3 Å². The van der Waals surface area contributed by atoms with E-state index in [1.807, 2.05) is 49.4 Å². The fourth-order valence-corrected chi connectivity index (χ4v) is 4.50. The largest absolute Gasteiger partial charge is 0.381 e. The molecule has 36 heavy (non-hydrogen) atoms. The van der Waals surface area contributed by atoms with Crippen LogP contribution in [0.3, 0.4) is 0 Å². The van der Waals surface area contributed by atoms with E-state index >= 15 is 0 Å². The van der Waals surface area contributed by atoms with E-state index in [0.717, 1.165) is 40.4 Å². The summed E-state index contributed by atoms with van der Waals surface area (Å²) in [4.78, 5) is 30.2. The van der Waals surface area contributed by atoms with Crippen molar-refractivity contribution in [3.63, 3.8) is 0 Å². The number of carbonyl (C=O) groups excluding carboxylic acids is 2. The van der Waals surface area contributed by atoms with Crippen LogP contribution in [0.2, 0.25) is 0 Å². The lowest BCUT2D eigenvalue weighted by Crippen LogP contribution is -2.38. The van der Waals surface area contributed by atoms with Gasteiger partial charge in [0.05, 0.1) is 17.8 Å². The van der Waals surface area contributed by atoms with E-state index in [1.54, 1.807) is 24.7 Å². The van der Waals surface area contributed by atoms with Crippen LogP contribution in [0.15, 0.2) is 67.1 Å². The predicted molar refractivity (Wildman–Crippen MR) is 138 cm³/mol. The number of aromatic amines is 1. The van der Waals surface area contributed by atoms with Crippen molar-refractivity contribution in [1.29, 1.82) is 0 Å². The summed E-state index contributed by atoms with van der Waals surface area (Å²) in [5, 5.41) is 14.0. The average Bonchev–Trinajstić information content (AvgIpc) is 3.40. The molecule has 0 aliphatic carbocycles. The third kappa shape index (κ3) is 5.28. The van der Waals surface area contributed by atoms with E-state index in [-0.39, 0.29) is 23.9 Å². The number of amides is 2. The van der Waals surface area contributed by atoms with E-state index in [4.69, 9.17) is 4.74 Å². The van der Waals surface area contributed by atoms with Gasteiger partial charge in [-0.2, -0.15) is 5.10 Å². The number of aromatic nitrogens is 3. The van der Waals surface area contributed by atoms with Crippen molar-refractivity contribution < 1.29 is 14.3 Å². The molecule has 1 saturated heterocycles. The second kappa shape index (κ2) is 10.7. The average molecular weight is 484 g/mol. The molecule has 2 aromatic heterocycles. The summed E-state index contributed by atoms with van der Waals surface area (Å²) in [6, 6.07) is 15.0. The van der Waals surface area contributed by atoms with E-state index < -0.39 is 0 Å². The van der Waals surface area contributed by atoms with E-state index in [9.17, 15) is 9.59 Å². The second-order valence-electron chi connectivity index (χ2n) is 9.05. The predicted octanol–water partition coefficient (Wildman–Crippen LogP) is 4.41. The van der Waals surface area contributed by atoms with Crippen LogP contribution in [-0.2, 0) is 4.74 Å². The van der Waals surface area contributed by atoms with Gasteiger partial charge in [-0.05, 0) is 66.8 Å².